The fourth-order valence-corrected chi connectivity index (χ4v) is 3.46. The fourth-order valence-electron chi connectivity index (χ4n) is 2.46. The van der Waals surface area contributed by atoms with E-state index in [1.807, 2.05) is 0 Å². The van der Waals surface area contributed by atoms with Gasteiger partial charge in [-0.1, -0.05) is 11.6 Å². The molecule has 0 fully saturated rings. The molecule has 29 heavy (non-hydrogen) atoms. The summed E-state index contributed by atoms with van der Waals surface area (Å²) in [5.74, 6) is -0.438. The number of nitrogens with zero attached hydrogens (tertiary/aromatic N) is 1. The normalized spacial score (nSPS) is 10.4. The topological polar surface area (TPSA) is 80.3 Å². The van der Waals surface area contributed by atoms with Gasteiger partial charge in [-0.2, -0.15) is 0 Å². The van der Waals surface area contributed by atoms with Crippen molar-refractivity contribution in [2.45, 2.75) is 12.8 Å². The van der Waals surface area contributed by atoms with E-state index in [4.69, 9.17) is 16.3 Å². The first-order valence-corrected chi connectivity index (χ1v) is 9.85. The van der Waals surface area contributed by atoms with Crippen LogP contribution in [0.4, 0.5) is 15.2 Å². The van der Waals surface area contributed by atoms with Crippen LogP contribution in [0.1, 0.15) is 22.5 Å². The summed E-state index contributed by atoms with van der Waals surface area (Å²) in [4.78, 5) is 28.6. The number of methoxy groups -OCH3 is 1. The van der Waals surface area contributed by atoms with E-state index >= 15 is 0 Å². The Hall–Kier alpha value is -2.97. The number of rotatable bonds is 7. The highest BCUT2D eigenvalue weighted by Crippen LogP contribution is 2.27. The van der Waals surface area contributed by atoms with E-state index < -0.39 is 5.82 Å². The molecule has 3 aromatic rings. The Kier molecular flexibility index (Phi) is 6.79. The van der Waals surface area contributed by atoms with Crippen LogP contribution < -0.4 is 15.4 Å². The molecular weight excluding hydrogens is 417 g/mol. The molecule has 0 aliphatic rings. The van der Waals surface area contributed by atoms with Crippen molar-refractivity contribution in [1.82, 2.24) is 4.98 Å². The summed E-state index contributed by atoms with van der Waals surface area (Å²) in [7, 11) is 1.52. The van der Waals surface area contributed by atoms with Crippen molar-refractivity contribution in [3.63, 3.8) is 0 Å². The fraction of sp³-hybridized carbons (Fsp3) is 0.150. The Labute approximate surface area is 175 Å². The molecule has 3 rings (SSSR count). The molecule has 0 saturated heterocycles. The molecular formula is C20H17ClFN3O3S. The molecule has 2 aromatic carbocycles. The van der Waals surface area contributed by atoms with Gasteiger partial charge in [-0.15, -0.1) is 11.3 Å². The van der Waals surface area contributed by atoms with Crippen LogP contribution in [0.2, 0.25) is 5.02 Å². The molecule has 0 aliphatic heterocycles. The first-order valence-electron chi connectivity index (χ1n) is 8.59. The van der Waals surface area contributed by atoms with Gasteiger partial charge in [0.15, 0.2) is 5.13 Å². The molecule has 6 nitrogen and oxygen atoms in total. The third-order valence-corrected chi connectivity index (χ3v) is 5.02. The van der Waals surface area contributed by atoms with Gasteiger partial charge in [-0.25, -0.2) is 9.37 Å². The largest absolute Gasteiger partial charge is 0.495 e. The molecule has 0 aliphatic carbocycles. The zero-order valence-electron chi connectivity index (χ0n) is 15.4. The van der Waals surface area contributed by atoms with Gasteiger partial charge in [0.1, 0.15) is 11.6 Å². The van der Waals surface area contributed by atoms with Gasteiger partial charge in [0, 0.05) is 23.1 Å². The highest BCUT2D eigenvalue weighted by Gasteiger charge is 2.11. The zero-order valence-corrected chi connectivity index (χ0v) is 16.9. The molecule has 0 atom stereocenters. The second-order valence-corrected chi connectivity index (χ2v) is 7.27. The number of hydrogen-bond acceptors (Lipinski definition) is 5. The molecule has 1 heterocycles. The van der Waals surface area contributed by atoms with E-state index in [9.17, 15) is 14.0 Å². The molecule has 0 radical (unpaired) electrons. The number of aryl methyl sites for hydroxylation is 1. The summed E-state index contributed by atoms with van der Waals surface area (Å²) in [5, 5.41) is 8.03. The van der Waals surface area contributed by atoms with Crippen LogP contribution in [0, 0.1) is 5.82 Å². The lowest BCUT2D eigenvalue weighted by Gasteiger charge is -2.07. The SMILES string of the molecule is COc1ccc(NC(=O)CCc2csc(NC(=O)c3ccc(F)cc3)n2)cc1Cl. The number of thiazole rings is 1. The van der Waals surface area contributed by atoms with Gasteiger partial charge < -0.3 is 10.1 Å². The maximum Gasteiger partial charge on any atom is 0.257 e. The number of anilines is 2. The van der Waals surface area contributed by atoms with Gasteiger partial charge >= 0.3 is 0 Å². The van der Waals surface area contributed by atoms with Crippen LogP contribution in [-0.4, -0.2) is 23.9 Å². The Morgan fingerprint density at radius 2 is 1.93 bits per heavy atom. The quantitative estimate of drug-likeness (QED) is 0.562. The number of nitrogens with one attached hydrogen (secondary N) is 2. The first-order chi connectivity index (χ1) is 13.9. The third-order valence-electron chi connectivity index (χ3n) is 3.92. The highest BCUT2D eigenvalue weighted by molar-refractivity contribution is 7.14. The average molecular weight is 434 g/mol. The summed E-state index contributed by atoms with van der Waals surface area (Å²) >= 11 is 7.30. The number of aromatic nitrogens is 1. The third kappa shape index (κ3) is 5.75. The molecule has 0 spiro atoms. The number of halogens is 2. The minimum atomic E-state index is -0.409. The smallest absolute Gasteiger partial charge is 0.257 e. The van der Waals surface area contributed by atoms with Crippen molar-refractivity contribution >= 4 is 45.6 Å². The van der Waals surface area contributed by atoms with Crippen LogP contribution in [0.5, 0.6) is 5.75 Å². The summed E-state index contributed by atoms with van der Waals surface area (Å²) in [6, 6.07) is 10.2. The number of ether oxygens (including phenoxy) is 1. The molecule has 0 saturated carbocycles. The lowest BCUT2D eigenvalue weighted by molar-refractivity contribution is -0.116. The zero-order chi connectivity index (χ0) is 20.8. The molecule has 0 bridgehead atoms. The molecule has 9 heteroatoms. The van der Waals surface area contributed by atoms with Crippen LogP contribution in [-0.2, 0) is 11.2 Å². The van der Waals surface area contributed by atoms with Crippen LogP contribution in [0.15, 0.2) is 47.8 Å². The van der Waals surface area contributed by atoms with Gasteiger partial charge in [-0.05, 0) is 48.9 Å². The van der Waals surface area contributed by atoms with Crippen molar-refractivity contribution in [1.29, 1.82) is 0 Å². The molecule has 1 aromatic heterocycles. The summed E-state index contributed by atoms with van der Waals surface area (Å²) in [6.45, 7) is 0. The Bertz CT molecular complexity index is 1020. The standard InChI is InChI=1S/C20H17ClFN3O3S/c1-28-17-8-6-14(10-16(17)21)23-18(26)9-7-15-11-29-20(24-15)25-19(27)12-2-4-13(22)5-3-12/h2-6,8,10-11H,7,9H2,1H3,(H,23,26)(H,24,25,27). The summed E-state index contributed by atoms with van der Waals surface area (Å²) < 4.78 is 18.0. The van der Waals surface area contributed by atoms with Gasteiger partial charge in [0.25, 0.3) is 5.91 Å². The van der Waals surface area contributed by atoms with E-state index in [-0.39, 0.29) is 18.2 Å². The second-order valence-electron chi connectivity index (χ2n) is 6.00. The number of hydrogen-bond donors (Lipinski definition) is 2. The van der Waals surface area contributed by atoms with Gasteiger partial charge in [-0.3, -0.25) is 14.9 Å². The lowest BCUT2D eigenvalue weighted by atomic mass is 10.2. The van der Waals surface area contributed by atoms with Crippen LogP contribution >= 0.6 is 22.9 Å². The van der Waals surface area contributed by atoms with Gasteiger partial charge in [0.05, 0.1) is 17.8 Å². The monoisotopic (exact) mass is 433 g/mol. The van der Waals surface area contributed by atoms with E-state index in [2.05, 4.69) is 15.6 Å². The van der Waals surface area contributed by atoms with E-state index in [1.165, 1.54) is 42.7 Å². The summed E-state index contributed by atoms with van der Waals surface area (Å²) in [5.41, 5.74) is 1.60. The Balaban J connectivity index is 1.51. The first kappa shape index (κ1) is 20.8. The predicted molar refractivity (Wildman–Crippen MR) is 111 cm³/mol. The number of benzene rings is 2. The lowest BCUT2D eigenvalue weighted by Crippen LogP contribution is -2.13. The number of carbonyl (C=O) groups is 2. The van der Waals surface area contributed by atoms with Gasteiger partial charge in [0.2, 0.25) is 5.91 Å². The molecule has 0 unspecified atom stereocenters. The summed E-state index contributed by atoms with van der Waals surface area (Å²) in [6.07, 6.45) is 0.636. The van der Waals surface area contributed by atoms with Crippen LogP contribution in [0.25, 0.3) is 0 Å². The Morgan fingerprint density at radius 3 is 2.62 bits per heavy atom. The van der Waals surface area contributed by atoms with Crippen molar-refractivity contribution in [3.8, 4) is 5.75 Å². The predicted octanol–water partition coefficient (Wildman–Crippen LogP) is 4.77. The molecule has 150 valence electrons. The molecule has 2 N–H and O–H groups in total. The minimum absolute atomic E-state index is 0.184. The van der Waals surface area contributed by atoms with Crippen molar-refractivity contribution in [3.05, 3.63) is 69.9 Å². The maximum absolute atomic E-state index is 12.9. The van der Waals surface area contributed by atoms with E-state index in [0.717, 1.165) is 0 Å². The molecule has 2 amide bonds. The highest BCUT2D eigenvalue weighted by atomic mass is 35.5. The minimum Gasteiger partial charge on any atom is -0.495 e. The Morgan fingerprint density at radius 1 is 1.17 bits per heavy atom. The van der Waals surface area contributed by atoms with Crippen molar-refractivity contribution in [2.75, 3.05) is 17.7 Å². The maximum atomic E-state index is 12.9. The number of carbonyl (C=O) groups excluding carboxylic acids is 2. The van der Waals surface area contributed by atoms with E-state index in [1.54, 1.807) is 23.6 Å². The van der Waals surface area contributed by atoms with Crippen molar-refractivity contribution < 1.29 is 18.7 Å². The second kappa shape index (κ2) is 9.49. The van der Waals surface area contributed by atoms with E-state index in [0.29, 0.717) is 39.3 Å². The number of amides is 2. The average Bonchev–Trinajstić information content (AvgIpc) is 3.14. The van der Waals surface area contributed by atoms with Crippen molar-refractivity contribution in [2.24, 2.45) is 0 Å². The van der Waals surface area contributed by atoms with Crippen LogP contribution in [0.3, 0.4) is 0 Å².